The Morgan fingerprint density at radius 1 is 1.47 bits per heavy atom. The number of nitrogens with zero attached hydrogens (tertiary/aromatic N) is 1. The minimum atomic E-state index is 0.180. The number of hydrogen-bond donors (Lipinski definition) is 1. The van der Waals surface area contributed by atoms with Gasteiger partial charge in [-0.15, -0.1) is 0 Å². The Bertz CT molecular complexity index is 227. The van der Waals surface area contributed by atoms with E-state index in [4.69, 9.17) is 4.74 Å². The van der Waals surface area contributed by atoms with Crippen LogP contribution in [-0.2, 0) is 9.53 Å². The maximum absolute atomic E-state index is 12.2. The van der Waals surface area contributed by atoms with Gasteiger partial charge in [0.25, 0.3) is 0 Å². The number of rotatable bonds is 6. The third kappa shape index (κ3) is 4.64. The van der Waals surface area contributed by atoms with E-state index in [1.54, 1.807) is 7.11 Å². The molecule has 1 rings (SSSR count). The van der Waals surface area contributed by atoms with Crippen molar-refractivity contribution in [2.24, 2.45) is 5.92 Å². The zero-order valence-corrected chi connectivity index (χ0v) is 11.4. The molecule has 1 amide bonds. The number of methoxy groups -OCH3 is 1. The summed E-state index contributed by atoms with van der Waals surface area (Å²) in [5, 5.41) is 3.33. The van der Waals surface area contributed by atoms with Crippen LogP contribution in [0.2, 0.25) is 0 Å². The van der Waals surface area contributed by atoms with Crippen LogP contribution in [0.5, 0.6) is 0 Å². The predicted octanol–water partition coefficient (Wildman–Crippen LogP) is 1.26. The summed E-state index contributed by atoms with van der Waals surface area (Å²) in [7, 11) is 1.68. The fourth-order valence-corrected chi connectivity index (χ4v) is 2.52. The Labute approximate surface area is 105 Å². The van der Waals surface area contributed by atoms with Gasteiger partial charge in [-0.05, 0) is 45.7 Å². The van der Waals surface area contributed by atoms with Gasteiger partial charge in [-0.25, -0.2) is 0 Å². The predicted molar refractivity (Wildman–Crippen MR) is 68.9 cm³/mol. The van der Waals surface area contributed by atoms with Gasteiger partial charge in [-0.1, -0.05) is 0 Å². The number of hydrogen-bond acceptors (Lipinski definition) is 3. The van der Waals surface area contributed by atoms with E-state index in [-0.39, 0.29) is 11.9 Å². The first kappa shape index (κ1) is 14.5. The largest absolute Gasteiger partial charge is 0.383 e. The standard InChI is InChI=1S/C13H26N2O2/c1-4-15(11(2)10-17-3)13(16)9-12-5-7-14-8-6-12/h11-12,14H,4-10H2,1-3H3. The number of likely N-dealkylation sites (N-methyl/N-ethyl adjacent to an activating group) is 1. The van der Waals surface area contributed by atoms with Crippen LogP contribution in [0.15, 0.2) is 0 Å². The van der Waals surface area contributed by atoms with E-state index in [1.165, 1.54) is 0 Å². The van der Waals surface area contributed by atoms with Crippen molar-refractivity contribution in [2.75, 3.05) is 33.4 Å². The van der Waals surface area contributed by atoms with E-state index >= 15 is 0 Å². The van der Waals surface area contributed by atoms with Gasteiger partial charge >= 0.3 is 0 Å². The highest BCUT2D eigenvalue weighted by Gasteiger charge is 2.23. The molecular weight excluding hydrogens is 216 g/mol. The van der Waals surface area contributed by atoms with Gasteiger partial charge in [0.1, 0.15) is 0 Å². The van der Waals surface area contributed by atoms with E-state index in [1.807, 2.05) is 18.7 Å². The zero-order chi connectivity index (χ0) is 12.7. The molecule has 0 aliphatic carbocycles. The molecule has 0 aromatic rings. The monoisotopic (exact) mass is 242 g/mol. The van der Waals surface area contributed by atoms with Crippen molar-refractivity contribution in [1.29, 1.82) is 0 Å². The summed E-state index contributed by atoms with van der Waals surface area (Å²) in [5.41, 5.74) is 0. The van der Waals surface area contributed by atoms with Crippen molar-refractivity contribution in [1.82, 2.24) is 10.2 Å². The van der Waals surface area contributed by atoms with Crippen LogP contribution >= 0.6 is 0 Å². The number of amides is 1. The lowest BCUT2D eigenvalue weighted by Crippen LogP contribution is -2.42. The van der Waals surface area contributed by atoms with Gasteiger partial charge < -0.3 is 15.0 Å². The first-order valence-electron chi connectivity index (χ1n) is 6.68. The third-order valence-electron chi connectivity index (χ3n) is 3.52. The Morgan fingerprint density at radius 2 is 2.12 bits per heavy atom. The average Bonchev–Trinajstić information content (AvgIpc) is 2.31. The summed E-state index contributed by atoms with van der Waals surface area (Å²) in [6, 6.07) is 0.180. The van der Waals surface area contributed by atoms with Gasteiger partial charge in [0.05, 0.1) is 12.6 Å². The fourth-order valence-electron chi connectivity index (χ4n) is 2.52. The summed E-state index contributed by atoms with van der Waals surface area (Å²) < 4.78 is 5.12. The van der Waals surface area contributed by atoms with Gasteiger partial charge in [-0.3, -0.25) is 4.79 Å². The molecule has 1 saturated heterocycles. The second-order valence-corrected chi connectivity index (χ2v) is 4.88. The van der Waals surface area contributed by atoms with Gasteiger partial charge in [0, 0.05) is 20.1 Å². The van der Waals surface area contributed by atoms with Crippen molar-refractivity contribution in [2.45, 2.75) is 39.2 Å². The molecule has 1 N–H and O–H groups in total. The second-order valence-electron chi connectivity index (χ2n) is 4.88. The summed E-state index contributed by atoms with van der Waals surface area (Å²) in [4.78, 5) is 14.1. The summed E-state index contributed by atoms with van der Waals surface area (Å²) >= 11 is 0. The lowest BCUT2D eigenvalue weighted by Gasteiger charge is -2.30. The molecule has 1 aliphatic heterocycles. The van der Waals surface area contributed by atoms with Crippen LogP contribution in [-0.4, -0.2) is 50.2 Å². The quantitative estimate of drug-likeness (QED) is 0.762. The van der Waals surface area contributed by atoms with Gasteiger partial charge in [-0.2, -0.15) is 0 Å². The number of piperidine rings is 1. The molecule has 1 aliphatic rings. The minimum Gasteiger partial charge on any atom is -0.383 e. The number of ether oxygens (including phenoxy) is 1. The fraction of sp³-hybridized carbons (Fsp3) is 0.923. The molecule has 1 fully saturated rings. The van der Waals surface area contributed by atoms with Gasteiger partial charge in [0.15, 0.2) is 0 Å². The highest BCUT2D eigenvalue weighted by Crippen LogP contribution is 2.18. The van der Waals surface area contributed by atoms with Crippen LogP contribution in [0.1, 0.15) is 33.1 Å². The topological polar surface area (TPSA) is 41.6 Å². The van der Waals surface area contributed by atoms with E-state index in [0.29, 0.717) is 18.9 Å². The summed E-state index contributed by atoms with van der Waals surface area (Å²) in [6.07, 6.45) is 2.95. The molecule has 17 heavy (non-hydrogen) atoms. The van der Waals surface area contributed by atoms with Crippen LogP contribution in [0.3, 0.4) is 0 Å². The van der Waals surface area contributed by atoms with Gasteiger partial charge in [0.2, 0.25) is 5.91 Å². The lowest BCUT2D eigenvalue weighted by atomic mass is 9.94. The molecule has 0 aromatic carbocycles. The van der Waals surface area contributed by atoms with E-state index in [2.05, 4.69) is 5.32 Å². The molecular formula is C13H26N2O2. The Hall–Kier alpha value is -0.610. The van der Waals surface area contributed by atoms with Crippen LogP contribution in [0.4, 0.5) is 0 Å². The van der Waals surface area contributed by atoms with Crippen molar-refractivity contribution in [3.8, 4) is 0 Å². The summed E-state index contributed by atoms with van der Waals surface area (Å²) in [6.45, 7) is 7.58. The van der Waals surface area contributed by atoms with Crippen molar-refractivity contribution >= 4 is 5.91 Å². The van der Waals surface area contributed by atoms with E-state index < -0.39 is 0 Å². The Kier molecular flexibility index (Phi) is 6.52. The third-order valence-corrected chi connectivity index (χ3v) is 3.52. The molecule has 100 valence electrons. The molecule has 4 heteroatoms. The molecule has 1 heterocycles. The average molecular weight is 242 g/mol. The Balaban J connectivity index is 2.41. The second kappa shape index (κ2) is 7.67. The van der Waals surface area contributed by atoms with E-state index in [0.717, 1.165) is 32.5 Å². The Morgan fingerprint density at radius 3 is 2.65 bits per heavy atom. The molecule has 0 saturated carbocycles. The molecule has 0 spiro atoms. The number of carbonyl (C=O) groups excluding carboxylic acids is 1. The molecule has 0 aromatic heterocycles. The highest BCUT2D eigenvalue weighted by molar-refractivity contribution is 5.76. The first-order chi connectivity index (χ1) is 8.19. The number of nitrogens with one attached hydrogen (secondary N) is 1. The molecule has 1 atom stereocenters. The first-order valence-corrected chi connectivity index (χ1v) is 6.68. The number of carbonyl (C=O) groups is 1. The molecule has 0 bridgehead atoms. The SMILES string of the molecule is CCN(C(=O)CC1CCNCC1)C(C)COC. The van der Waals surface area contributed by atoms with Crippen LogP contribution < -0.4 is 5.32 Å². The van der Waals surface area contributed by atoms with Crippen molar-refractivity contribution in [3.05, 3.63) is 0 Å². The zero-order valence-electron chi connectivity index (χ0n) is 11.4. The van der Waals surface area contributed by atoms with Crippen LogP contribution in [0.25, 0.3) is 0 Å². The lowest BCUT2D eigenvalue weighted by molar-refractivity contribution is -0.135. The molecule has 1 unspecified atom stereocenters. The smallest absolute Gasteiger partial charge is 0.223 e. The summed E-state index contributed by atoms with van der Waals surface area (Å²) in [5.74, 6) is 0.844. The normalized spacial score (nSPS) is 19.0. The molecule has 0 radical (unpaired) electrons. The van der Waals surface area contributed by atoms with Crippen LogP contribution in [0, 0.1) is 5.92 Å². The maximum atomic E-state index is 12.2. The van der Waals surface area contributed by atoms with Crippen molar-refractivity contribution in [3.63, 3.8) is 0 Å². The highest BCUT2D eigenvalue weighted by atomic mass is 16.5. The van der Waals surface area contributed by atoms with E-state index in [9.17, 15) is 4.79 Å². The van der Waals surface area contributed by atoms with Crippen molar-refractivity contribution < 1.29 is 9.53 Å². The maximum Gasteiger partial charge on any atom is 0.223 e. The molecule has 4 nitrogen and oxygen atoms in total. The minimum absolute atomic E-state index is 0.180.